The Hall–Kier alpha value is -3.03. The molecule has 1 N–H and O–H groups in total. The lowest BCUT2D eigenvalue weighted by molar-refractivity contribution is -0.137. The van der Waals surface area contributed by atoms with Crippen LogP contribution in [0.5, 0.6) is 5.75 Å². The highest BCUT2D eigenvalue weighted by atomic mass is 19.4. The number of halogens is 3. The SMILES string of the molecule is O=C(N[C@@H](CN1CCCC1=O)c1cccc(C(F)(F)F)c1)c1ccc2c(c1)CCO2. The second-order valence-electron chi connectivity index (χ2n) is 7.51. The van der Waals surface area contributed by atoms with Gasteiger partial charge < -0.3 is 15.0 Å². The van der Waals surface area contributed by atoms with Gasteiger partial charge in [-0.15, -0.1) is 0 Å². The molecule has 30 heavy (non-hydrogen) atoms. The molecule has 2 amide bonds. The summed E-state index contributed by atoms with van der Waals surface area (Å²) in [4.78, 5) is 26.5. The Morgan fingerprint density at radius 1 is 1.17 bits per heavy atom. The highest BCUT2D eigenvalue weighted by Crippen LogP contribution is 2.31. The van der Waals surface area contributed by atoms with E-state index in [4.69, 9.17) is 4.74 Å². The maximum Gasteiger partial charge on any atom is 0.416 e. The summed E-state index contributed by atoms with van der Waals surface area (Å²) < 4.78 is 45.0. The number of benzene rings is 2. The average Bonchev–Trinajstić information content (AvgIpc) is 3.35. The molecule has 2 aliphatic heterocycles. The third-order valence-corrected chi connectivity index (χ3v) is 5.45. The molecule has 1 saturated heterocycles. The lowest BCUT2D eigenvalue weighted by Gasteiger charge is -2.26. The molecule has 4 rings (SSSR count). The largest absolute Gasteiger partial charge is 0.493 e. The maximum atomic E-state index is 13.2. The number of ether oxygens (including phenoxy) is 1. The molecule has 0 aliphatic carbocycles. The number of likely N-dealkylation sites (tertiary alicyclic amines) is 1. The number of hydrogen-bond acceptors (Lipinski definition) is 3. The van der Waals surface area contributed by atoms with Crippen molar-refractivity contribution >= 4 is 11.8 Å². The zero-order valence-corrected chi connectivity index (χ0v) is 16.2. The molecule has 8 heteroatoms. The molecular weight excluding hydrogens is 397 g/mol. The van der Waals surface area contributed by atoms with Crippen molar-refractivity contribution in [3.63, 3.8) is 0 Å². The monoisotopic (exact) mass is 418 g/mol. The van der Waals surface area contributed by atoms with Gasteiger partial charge in [-0.3, -0.25) is 9.59 Å². The summed E-state index contributed by atoms with van der Waals surface area (Å²) in [5, 5.41) is 2.83. The van der Waals surface area contributed by atoms with Gasteiger partial charge in [0.2, 0.25) is 5.91 Å². The first-order chi connectivity index (χ1) is 14.3. The number of amides is 2. The van der Waals surface area contributed by atoms with Crippen LogP contribution in [-0.4, -0.2) is 36.4 Å². The number of nitrogens with zero attached hydrogens (tertiary/aromatic N) is 1. The molecule has 0 bridgehead atoms. The van der Waals surface area contributed by atoms with Gasteiger partial charge in [-0.2, -0.15) is 13.2 Å². The number of hydrogen-bond donors (Lipinski definition) is 1. The van der Waals surface area contributed by atoms with Gasteiger partial charge in [0.25, 0.3) is 5.91 Å². The van der Waals surface area contributed by atoms with Crippen LogP contribution in [0.1, 0.15) is 45.9 Å². The Bertz CT molecular complexity index is 974. The second kappa shape index (κ2) is 8.01. The predicted molar refractivity (Wildman–Crippen MR) is 103 cm³/mol. The van der Waals surface area contributed by atoms with E-state index in [0.29, 0.717) is 43.5 Å². The highest BCUT2D eigenvalue weighted by Gasteiger charge is 2.32. The van der Waals surface area contributed by atoms with Gasteiger partial charge in [0.15, 0.2) is 0 Å². The average molecular weight is 418 g/mol. The van der Waals surface area contributed by atoms with E-state index in [1.54, 1.807) is 23.1 Å². The van der Waals surface area contributed by atoms with E-state index in [1.807, 2.05) is 0 Å². The van der Waals surface area contributed by atoms with Crippen molar-refractivity contribution in [2.45, 2.75) is 31.5 Å². The van der Waals surface area contributed by atoms with Gasteiger partial charge in [-0.05, 0) is 47.9 Å². The molecule has 0 spiro atoms. The first kappa shape index (κ1) is 20.3. The lowest BCUT2D eigenvalue weighted by Crippen LogP contribution is -2.38. The Kier molecular flexibility index (Phi) is 5.40. The van der Waals surface area contributed by atoms with Crippen LogP contribution in [0, 0.1) is 0 Å². The Balaban J connectivity index is 1.60. The molecule has 2 heterocycles. The number of carbonyl (C=O) groups excluding carboxylic acids is 2. The van der Waals surface area contributed by atoms with Crippen molar-refractivity contribution < 1.29 is 27.5 Å². The number of rotatable bonds is 5. The standard InChI is InChI=1S/C22H21F3N2O3/c23-22(24,25)17-4-1-3-14(12-17)18(13-27-9-2-5-20(27)28)26-21(29)16-6-7-19-15(11-16)8-10-30-19/h1,3-4,6-7,11-12,18H,2,5,8-10,13H2,(H,26,29)/t18-/m0/s1. The summed E-state index contributed by atoms with van der Waals surface area (Å²) in [5.41, 5.74) is 0.848. The maximum absolute atomic E-state index is 13.2. The number of alkyl halides is 3. The van der Waals surface area contributed by atoms with Gasteiger partial charge in [0.05, 0.1) is 18.2 Å². The molecule has 0 aromatic heterocycles. The van der Waals surface area contributed by atoms with Crippen LogP contribution in [0.2, 0.25) is 0 Å². The summed E-state index contributed by atoms with van der Waals surface area (Å²) in [6.45, 7) is 1.21. The van der Waals surface area contributed by atoms with Crippen LogP contribution < -0.4 is 10.1 Å². The Morgan fingerprint density at radius 2 is 2.00 bits per heavy atom. The fraction of sp³-hybridized carbons (Fsp3) is 0.364. The van der Waals surface area contributed by atoms with Gasteiger partial charge in [0, 0.05) is 31.5 Å². The second-order valence-corrected chi connectivity index (χ2v) is 7.51. The summed E-state index contributed by atoms with van der Waals surface area (Å²) >= 11 is 0. The molecule has 0 unspecified atom stereocenters. The number of carbonyl (C=O) groups is 2. The Labute approximate surface area is 171 Å². The van der Waals surface area contributed by atoms with Crippen LogP contribution in [0.3, 0.4) is 0 Å². The molecule has 0 saturated carbocycles. The summed E-state index contributed by atoms with van der Waals surface area (Å²) in [5.74, 6) is 0.276. The third-order valence-electron chi connectivity index (χ3n) is 5.45. The molecule has 1 fully saturated rings. The smallest absolute Gasteiger partial charge is 0.416 e. The molecule has 2 aromatic carbocycles. The van der Waals surface area contributed by atoms with Crippen LogP contribution in [0.15, 0.2) is 42.5 Å². The van der Waals surface area contributed by atoms with E-state index < -0.39 is 23.7 Å². The summed E-state index contributed by atoms with van der Waals surface area (Å²) in [7, 11) is 0. The molecule has 158 valence electrons. The normalized spacial score (nSPS) is 16.9. The first-order valence-corrected chi connectivity index (χ1v) is 9.83. The third kappa shape index (κ3) is 4.27. The molecule has 0 radical (unpaired) electrons. The first-order valence-electron chi connectivity index (χ1n) is 9.83. The number of fused-ring (bicyclic) bond motifs is 1. The quantitative estimate of drug-likeness (QED) is 0.805. The zero-order chi connectivity index (χ0) is 21.3. The minimum absolute atomic E-state index is 0.0593. The van der Waals surface area contributed by atoms with Crippen molar-refractivity contribution in [1.29, 1.82) is 0 Å². The van der Waals surface area contributed by atoms with Gasteiger partial charge >= 0.3 is 6.18 Å². The zero-order valence-electron chi connectivity index (χ0n) is 16.2. The molecule has 2 aliphatic rings. The molecule has 5 nitrogen and oxygen atoms in total. The van der Waals surface area contributed by atoms with E-state index >= 15 is 0 Å². The van der Waals surface area contributed by atoms with Crippen LogP contribution in [-0.2, 0) is 17.4 Å². The van der Waals surface area contributed by atoms with Gasteiger partial charge in [0.1, 0.15) is 5.75 Å². The van der Waals surface area contributed by atoms with Crippen molar-refractivity contribution in [2.75, 3.05) is 19.7 Å². The van der Waals surface area contributed by atoms with E-state index in [1.165, 1.54) is 12.1 Å². The minimum Gasteiger partial charge on any atom is -0.493 e. The van der Waals surface area contributed by atoms with Gasteiger partial charge in [-0.25, -0.2) is 0 Å². The van der Waals surface area contributed by atoms with Crippen LogP contribution >= 0.6 is 0 Å². The highest BCUT2D eigenvalue weighted by molar-refractivity contribution is 5.95. The van der Waals surface area contributed by atoms with Crippen molar-refractivity contribution in [3.8, 4) is 5.75 Å². The molecule has 2 aromatic rings. The molecular formula is C22H21F3N2O3. The Morgan fingerprint density at radius 3 is 2.73 bits per heavy atom. The minimum atomic E-state index is -4.49. The van der Waals surface area contributed by atoms with Crippen molar-refractivity contribution in [2.24, 2.45) is 0 Å². The fourth-order valence-electron chi connectivity index (χ4n) is 3.85. The number of nitrogens with one attached hydrogen (secondary N) is 1. The van der Waals surface area contributed by atoms with Gasteiger partial charge in [-0.1, -0.05) is 12.1 Å². The van der Waals surface area contributed by atoms with Crippen LogP contribution in [0.25, 0.3) is 0 Å². The van der Waals surface area contributed by atoms with E-state index in [9.17, 15) is 22.8 Å². The summed E-state index contributed by atoms with van der Waals surface area (Å²) in [6.07, 6.45) is -2.68. The topological polar surface area (TPSA) is 58.6 Å². The summed E-state index contributed by atoms with van der Waals surface area (Å²) in [6, 6.07) is 9.21. The van der Waals surface area contributed by atoms with E-state index in [0.717, 1.165) is 23.4 Å². The predicted octanol–water partition coefficient (Wildman–Crippen LogP) is 3.73. The lowest BCUT2D eigenvalue weighted by atomic mass is 10.0. The fourth-order valence-corrected chi connectivity index (χ4v) is 3.85. The van der Waals surface area contributed by atoms with Crippen LogP contribution in [0.4, 0.5) is 13.2 Å². The molecule has 1 atom stereocenters. The van der Waals surface area contributed by atoms with Crippen molar-refractivity contribution in [3.05, 3.63) is 64.7 Å². The van der Waals surface area contributed by atoms with Crippen molar-refractivity contribution in [1.82, 2.24) is 10.2 Å². The van der Waals surface area contributed by atoms with E-state index in [-0.39, 0.29) is 12.5 Å². The van der Waals surface area contributed by atoms with E-state index in [2.05, 4.69) is 5.32 Å².